The minimum absolute atomic E-state index is 1.33. The summed E-state index contributed by atoms with van der Waals surface area (Å²) in [6, 6.07) is 0. The van der Waals surface area contributed by atoms with E-state index in [0.717, 1.165) is 0 Å². The van der Waals surface area contributed by atoms with Crippen LogP contribution in [0.5, 0.6) is 0 Å². The second-order valence-electron chi connectivity index (χ2n) is 2.60. The van der Waals surface area contributed by atoms with Crippen LogP contribution in [0.3, 0.4) is 0 Å². The first kappa shape index (κ1) is 24.8. The molecule has 0 unspecified atom stereocenters. The lowest BCUT2D eigenvalue weighted by atomic mass is 11.1. The molecule has 2 aromatic heterocycles. The fourth-order valence-corrected chi connectivity index (χ4v) is 0.410. The summed E-state index contributed by atoms with van der Waals surface area (Å²) in [7, 11) is 0. The van der Waals surface area contributed by atoms with Crippen molar-refractivity contribution < 1.29 is 29.7 Å². The minimum Gasteiger partial charge on any atom is -0.465 e. The van der Waals surface area contributed by atoms with Crippen molar-refractivity contribution in [2.75, 3.05) is 0 Å². The highest BCUT2D eigenvalue weighted by Crippen LogP contribution is 1.58. The van der Waals surface area contributed by atoms with Crippen molar-refractivity contribution in [3.05, 3.63) is 38.0 Å². The Morgan fingerprint density at radius 2 is 0.583 bits per heavy atom. The summed E-state index contributed by atoms with van der Waals surface area (Å²) in [5, 5.41) is 21.6. The molecule has 2 aromatic rings. The number of rotatable bonds is 0. The Morgan fingerprint density at radius 3 is 0.625 bits per heavy atom. The lowest BCUT2D eigenvalue weighted by Gasteiger charge is -1.69. The average molecular weight is 345 g/mol. The zero-order chi connectivity index (χ0) is 19.2. The summed E-state index contributed by atoms with van der Waals surface area (Å²) in [6.07, 6.45) is 4.62. The van der Waals surface area contributed by atoms with Gasteiger partial charge in [-0.3, -0.25) is 0 Å². The maximum absolute atomic E-state index is 8.78. The van der Waals surface area contributed by atoms with Gasteiger partial charge < -0.3 is 32.5 Å². The molecule has 0 radical (unpaired) electrons. The molecule has 2 heterocycles. The Bertz CT molecular complexity index is 404. The van der Waals surface area contributed by atoms with E-state index in [0.29, 0.717) is 0 Å². The van der Waals surface area contributed by atoms with Gasteiger partial charge in [0.1, 0.15) is 38.0 Å². The van der Waals surface area contributed by atoms with Crippen molar-refractivity contribution >= 4 is 18.3 Å². The third-order valence-corrected chi connectivity index (χ3v) is 0.800. The molecule has 0 bridgehead atoms. The Morgan fingerprint density at radius 1 is 0.500 bits per heavy atom. The summed E-state index contributed by atoms with van der Waals surface area (Å²) < 4.78 is 0. The number of hydrogen-bond donors (Lipinski definition) is 6. The number of primary amides is 3. The number of amides is 3. The van der Waals surface area contributed by atoms with Gasteiger partial charge in [0, 0.05) is 0 Å². The van der Waals surface area contributed by atoms with Crippen molar-refractivity contribution in [3.63, 3.8) is 0 Å². The largest absolute Gasteiger partial charge is 0.465 e. The second kappa shape index (κ2) is 21.1. The van der Waals surface area contributed by atoms with Crippen LogP contribution in [0.25, 0.3) is 0 Å². The summed E-state index contributed by atoms with van der Waals surface area (Å²) >= 11 is 0. The highest BCUT2D eigenvalue weighted by molar-refractivity contribution is 5.62. The van der Waals surface area contributed by atoms with Crippen LogP contribution in [0.4, 0.5) is 14.4 Å². The summed E-state index contributed by atoms with van der Waals surface area (Å²) in [5.74, 6) is 0. The van der Waals surface area contributed by atoms with E-state index >= 15 is 0 Å². The van der Waals surface area contributed by atoms with Gasteiger partial charge in [-0.15, -0.1) is 0 Å². The molecule has 132 valence electrons. The van der Waals surface area contributed by atoms with Crippen LogP contribution in [-0.2, 0) is 0 Å². The van der Waals surface area contributed by atoms with Gasteiger partial charge in [-0.25, -0.2) is 44.3 Å². The zero-order valence-electron chi connectivity index (χ0n) is 11.9. The normalized spacial score (nSPS) is 7.00. The lowest BCUT2D eigenvalue weighted by molar-refractivity contribution is 0.204. The maximum Gasteiger partial charge on any atom is 0.402 e. The van der Waals surface area contributed by atoms with E-state index < -0.39 is 18.3 Å². The van der Waals surface area contributed by atoms with Crippen LogP contribution in [0, 0.1) is 0 Å². The predicted molar refractivity (Wildman–Crippen MR) is 76.3 cm³/mol. The zero-order valence-corrected chi connectivity index (χ0v) is 11.9. The van der Waals surface area contributed by atoms with Gasteiger partial charge in [-0.2, -0.15) is 0 Å². The Kier molecular flexibility index (Phi) is 21.9. The van der Waals surface area contributed by atoms with E-state index in [1.807, 2.05) is 0 Å². The van der Waals surface area contributed by atoms with Crippen LogP contribution in [0.1, 0.15) is 0 Å². The molecule has 15 heteroatoms. The Balaban J connectivity index is -0.000000234. The van der Waals surface area contributed by atoms with Gasteiger partial charge >= 0.3 is 18.3 Å². The summed E-state index contributed by atoms with van der Waals surface area (Å²) in [5.41, 5.74) is 12.1. The molecule has 0 saturated carbocycles. The fraction of sp³-hybridized carbons (Fsp3) is 0. The van der Waals surface area contributed by atoms with E-state index in [2.05, 4.69) is 47.1 Å². The molecule has 3 amide bonds. The van der Waals surface area contributed by atoms with Crippen molar-refractivity contribution in [2.24, 2.45) is 17.2 Å². The molecular formula is C9H15N9O6. The van der Waals surface area contributed by atoms with Crippen molar-refractivity contribution in [3.8, 4) is 0 Å². The van der Waals surface area contributed by atoms with Crippen molar-refractivity contribution in [1.82, 2.24) is 29.9 Å². The number of nitrogens with two attached hydrogens (primary N) is 3. The van der Waals surface area contributed by atoms with Crippen LogP contribution in [0.15, 0.2) is 38.0 Å². The van der Waals surface area contributed by atoms with E-state index in [9.17, 15) is 0 Å². The van der Waals surface area contributed by atoms with Gasteiger partial charge in [0.05, 0.1) is 0 Å². The van der Waals surface area contributed by atoms with E-state index in [1.54, 1.807) is 0 Å². The van der Waals surface area contributed by atoms with E-state index in [-0.39, 0.29) is 0 Å². The first-order valence-electron chi connectivity index (χ1n) is 5.25. The molecular weight excluding hydrogens is 330 g/mol. The third kappa shape index (κ3) is 82.4. The lowest BCUT2D eigenvalue weighted by Crippen LogP contribution is -2.03. The minimum atomic E-state index is -1.33. The molecule has 0 fully saturated rings. The Labute approximate surface area is 134 Å². The van der Waals surface area contributed by atoms with Crippen LogP contribution in [0.2, 0.25) is 0 Å². The molecule has 9 N–H and O–H groups in total. The van der Waals surface area contributed by atoms with Gasteiger partial charge in [0.2, 0.25) is 0 Å². The fourth-order valence-electron chi connectivity index (χ4n) is 0.410. The van der Waals surface area contributed by atoms with Gasteiger partial charge in [0.15, 0.2) is 0 Å². The van der Waals surface area contributed by atoms with Gasteiger partial charge in [-0.1, -0.05) is 0 Å². The number of aromatic nitrogens is 6. The highest BCUT2D eigenvalue weighted by Gasteiger charge is 1.66. The number of hydrogen-bond acceptors (Lipinski definition) is 9. The molecule has 0 aliphatic carbocycles. The molecule has 15 nitrogen and oxygen atoms in total. The summed E-state index contributed by atoms with van der Waals surface area (Å²) in [4.78, 5) is 47.7. The molecule has 0 saturated heterocycles. The molecule has 0 spiro atoms. The molecule has 0 aromatic carbocycles. The highest BCUT2D eigenvalue weighted by atomic mass is 16.4. The molecule has 2 rings (SSSR count). The predicted octanol–water partition coefficient (Wildman–Crippen LogP) is -1.39. The quantitative estimate of drug-likeness (QED) is 0.322. The first-order valence-corrected chi connectivity index (χ1v) is 5.25. The monoisotopic (exact) mass is 345 g/mol. The number of nitrogens with zero attached hydrogens (tertiary/aromatic N) is 6. The van der Waals surface area contributed by atoms with Crippen molar-refractivity contribution in [1.29, 1.82) is 0 Å². The van der Waals surface area contributed by atoms with Crippen LogP contribution >= 0.6 is 0 Å². The Hall–Kier alpha value is -4.17. The van der Waals surface area contributed by atoms with Crippen LogP contribution in [-0.4, -0.2) is 63.5 Å². The first-order chi connectivity index (χ1) is 11.2. The number of carbonyl (C=O) groups is 3. The summed E-state index contributed by atoms with van der Waals surface area (Å²) in [6.45, 7) is 0. The smallest absolute Gasteiger partial charge is 0.402 e. The van der Waals surface area contributed by atoms with E-state index in [4.69, 9.17) is 29.7 Å². The number of carboxylic acid groups (broad SMARTS) is 3. The standard InChI is InChI=1S/2C3H3N3.3CH3NO2/c2*1-4-2-6-3-5-1;3*2-1(3)4/h2*1-3H;3*2H2,(H,3,4). The second-order valence-corrected chi connectivity index (χ2v) is 2.60. The topological polar surface area (TPSA) is 267 Å². The van der Waals surface area contributed by atoms with Crippen molar-refractivity contribution in [2.45, 2.75) is 0 Å². The third-order valence-electron chi connectivity index (χ3n) is 0.800. The SMILES string of the molecule is NC(=O)O.NC(=O)O.NC(=O)O.c1ncncn1.c1ncncn1. The molecule has 0 aliphatic rings. The van der Waals surface area contributed by atoms with Gasteiger partial charge in [0.25, 0.3) is 0 Å². The van der Waals surface area contributed by atoms with Gasteiger partial charge in [-0.05, 0) is 0 Å². The molecule has 0 aliphatic heterocycles. The molecule has 24 heavy (non-hydrogen) atoms. The molecule has 0 atom stereocenters. The van der Waals surface area contributed by atoms with E-state index in [1.165, 1.54) is 38.0 Å². The maximum atomic E-state index is 8.78. The van der Waals surface area contributed by atoms with Crippen LogP contribution < -0.4 is 17.2 Å². The average Bonchev–Trinajstić information content (AvgIpc) is 2.50.